The zero-order valence-electron chi connectivity index (χ0n) is 13.7. The lowest BCUT2D eigenvalue weighted by molar-refractivity contribution is 0.0963. The van der Waals surface area contributed by atoms with Gasteiger partial charge in [0, 0.05) is 12.5 Å². The number of Topliss-reactive ketones (excluding diaryl/α,β-unsaturated/α-hetero) is 1. The fraction of sp³-hybridized carbons (Fsp3) is 0.200. The Kier molecular flexibility index (Phi) is 3.71. The summed E-state index contributed by atoms with van der Waals surface area (Å²) in [4.78, 5) is 12.5. The summed E-state index contributed by atoms with van der Waals surface area (Å²) in [6.07, 6.45) is 2.33. The number of fused-ring (bicyclic) bond motifs is 1. The number of ketones is 1. The largest absolute Gasteiger partial charge is 0.294 e. The number of rotatable bonds is 2. The van der Waals surface area contributed by atoms with Gasteiger partial charge in [-0.3, -0.25) is 4.79 Å². The van der Waals surface area contributed by atoms with E-state index in [2.05, 4.69) is 5.10 Å². The predicted molar refractivity (Wildman–Crippen MR) is 90.1 cm³/mol. The molecule has 0 saturated carbocycles. The van der Waals surface area contributed by atoms with Gasteiger partial charge in [-0.05, 0) is 54.7 Å². The Morgan fingerprint density at radius 3 is 2.56 bits per heavy atom. The number of nitrogens with zero attached hydrogens (tertiary/aromatic N) is 2. The Balaban J connectivity index is 1.77. The van der Waals surface area contributed by atoms with Crippen LogP contribution in [0.1, 0.15) is 39.5 Å². The molecule has 0 fully saturated rings. The minimum atomic E-state index is -0.625. The second-order valence-corrected chi connectivity index (χ2v) is 6.49. The molecule has 0 bridgehead atoms. The van der Waals surface area contributed by atoms with Crippen LogP contribution in [0.2, 0.25) is 0 Å². The van der Waals surface area contributed by atoms with Gasteiger partial charge in [-0.25, -0.2) is 13.5 Å². The number of hydrogen-bond donors (Lipinski definition) is 0. The van der Waals surface area contributed by atoms with Crippen LogP contribution in [0.4, 0.5) is 8.78 Å². The summed E-state index contributed by atoms with van der Waals surface area (Å²) < 4.78 is 28.9. The molecule has 0 saturated heterocycles. The first-order chi connectivity index (χ1) is 12.0. The minimum Gasteiger partial charge on any atom is -0.294 e. The number of aromatic nitrogens is 2. The van der Waals surface area contributed by atoms with Crippen molar-refractivity contribution in [2.45, 2.75) is 25.7 Å². The maximum absolute atomic E-state index is 13.6. The SMILES string of the molecule is Cc1cccc(-n2ncc3c2C[C@H](c2cc(F)cc(F)c2)CC3=O)c1. The van der Waals surface area contributed by atoms with Crippen molar-refractivity contribution in [2.75, 3.05) is 0 Å². The van der Waals surface area contributed by atoms with Crippen LogP contribution >= 0.6 is 0 Å². The molecule has 0 spiro atoms. The van der Waals surface area contributed by atoms with Gasteiger partial charge in [-0.1, -0.05) is 12.1 Å². The van der Waals surface area contributed by atoms with Gasteiger partial charge in [0.15, 0.2) is 5.78 Å². The van der Waals surface area contributed by atoms with E-state index in [1.165, 1.54) is 12.1 Å². The lowest BCUT2D eigenvalue weighted by Crippen LogP contribution is -2.20. The maximum Gasteiger partial charge on any atom is 0.166 e. The topological polar surface area (TPSA) is 34.9 Å². The molecule has 0 N–H and O–H groups in total. The van der Waals surface area contributed by atoms with Gasteiger partial charge in [0.1, 0.15) is 11.6 Å². The molecule has 1 aliphatic carbocycles. The van der Waals surface area contributed by atoms with Gasteiger partial charge < -0.3 is 0 Å². The van der Waals surface area contributed by atoms with Crippen molar-refractivity contribution < 1.29 is 13.6 Å². The molecule has 2 aromatic carbocycles. The van der Waals surface area contributed by atoms with E-state index in [0.29, 0.717) is 17.5 Å². The van der Waals surface area contributed by atoms with Gasteiger partial charge >= 0.3 is 0 Å². The average Bonchev–Trinajstić information content (AvgIpc) is 2.98. The third-order valence-corrected chi connectivity index (χ3v) is 4.64. The standard InChI is InChI=1S/C20H16F2N2O/c1-12-3-2-4-17(5-12)24-19-8-14(9-20(25)18(19)11-23-24)13-6-15(21)10-16(22)7-13/h2-7,10-11,14H,8-9H2,1H3/t14-/m0/s1. The predicted octanol–water partition coefficient (Wildman–Crippen LogP) is 4.37. The number of hydrogen-bond acceptors (Lipinski definition) is 2. The quantitative estimate of drug-likeness (QED) is 0.695. The first kappa shape index (κ1) is 15.7. The van der Waals surface area contributed by atoms with Crippen LogP contribution in [0.3, 0.4) is 0 Å². The Bertz CT molecular complexity index is 957. The fourth-order valence-electron chi connectivity index (χ4n) is 3.47. The molecule has 1 heterocycles. The van der Waals surface area contributed by atoms with Crippen LogP contribution in [-0.4, -0.2) is 15.6 Å². The second-order valence-electron chi connectivity index (χ2n) is 6.49. The highest BCUT2D eigenvalue weighted by Gasteiger charge is 2.30. The lowest BCUT2D eigenvalue weighted by atomic mass is 9.82. The Morgan fingerprint density at radius 2 is 1.84 bits per heavy atom. The number of carbonyl (C=O) groups is 1. The van der Waals surface area contributed by atoms with Crippen molar-refractivity contribution >= 4 is 5.78 Å². The molecule has 25 heavy (non-hydrogen) atoms. The zero-order valence-corrected chi connectivity index (χ0v) is 13.7. The summed E-state index contributed by atoms with van der Waals surface area (Å²) in [5.74, 6) is -1.55. The molecule has 1 atom stereocenters. The number of benzene rings is 2. The van der Waals surface area contributed by atoms with E-state index in [1.807, 2.05) is 31.2 Å². The molecule has 3 nitrogen and oxygen atoms in total. The first-order valence-electron chi connectivity index (χ1n) is 8.14. The molecule has 0 unspecified atom stereocenters. The number of carbonyl (C=O) groups excluding carboxylic acids is 1. The lowest BCUT2D eigenvalue weighted by Gasteiger charge is -2.23. The second kappa shape index (κ2) is 5.92. The Hall–Kier alpha value is -2.82. The van der Waals surface area contributed by atoms with E-state index in [1.54, 1.807) is 10.9 Å². The van der Waals surface area contributed by atoms with E-state index < -0.39 is 11.6 Å². The van der Waals surface area contributed by atoms with Gasteiger partial charge in [0.2, 0.25) is 0 Å². The van der Waals surface area contributed by atoms with Gasteiger partial charge in [0.25, 0.3) is 0 Å². The molecule has 0 aliphatic heterocycles. The molecule has 4 rings (SSSR count). The van der Waals surface area contributed by atoms with E-state index in [-0.39, 0.29) is 18.1 Å². The minimum absolute atomic E-state index is 0.0465. The molecule has 1 aromatic heterocycles. The fourth-order valence-corrected chi connectivity index (χ4v) is 3.47. The maximum atomic E-state index is 13.6. The Labute approximate surface area is 143 Å². The highest BCUT2D eigenvalue weighted by molar-refractivity contribution is 5.98. The normalized spacial score (nSPS) is 16.8. The van der Waals surface area contributed by atoms with Crippen LogP contribution in [-0.2, 0) is 6.42 Å². The van der Waals surface area contributed by atoms with E-state index >= 15 is 0 Å². The molecule has 1 aliphatic rings. The third-order valence-electron chi connectivity index (χ3n) is 4.64. The Morgan fingerprint density at radius 1 is 1.08 bits per heavy atom. The average molecular weight is 338 g/mol. The molecule has 5 heteroatoms. The van der Waals surface area contributed by atoms with Crippen LogP contribution < -0.4 is 0 Å². The molecular formula is C20H16F2N2O. The van der Waals surface area contributed by atoms with Crippen molar-refractivity contribution in [3.05, 3.63) is 82.7 Å². The number of aryl methyl sites for hydroxylation is 1. The van der Waals surface area contributed by atoms with Crippen LogP contribution in [0.25, 0.3) is 5.69 Å². The molecule has 0 amide bonds. The highest BCUT2D eigenvalue weighted by atomic mass is 19.1. The summed E-state index contributed by atoms with van der Waals surface area (Å²) in [6.45, 7) is 1.99. The molecule has 3 aromatic rings. The van der Waals surface area contributed by atoms with E-state index in [4.69, 9.17) is 0 Å². The van der Waals surface area contributed by atoms with Crippen LogP contribution in [0.5, 0.6) is 0 Å². The highest BCUT2D eigenvalue weighted by Crippen LogP contribution is 2.34. The van der Waals surface area contributed by atoms with Crippen LogP contribution in [0.15, 0.2) is 48.7 Å². The zero-order chi connectivity index (χ0) is 17.6. The third kappa shape index (κ3) is 2.86. The van der Waals surface area contributed by atoms with Gasteiger partial charge in [-0.2, -0.15) is 5.10 Å². The van der Waals surface area contributed by atoms with Gasteiger partial charge in [-0.15, -0.1) is 0 Å². The first-order valence-corrected chi connectivity index (χ1v) is 8.14. The smallest absolute Gasteiger partial charge is 0.166 e. The van der Waals surface area contributed by atoms with Crippen molar-refractivity contribution in [1.29, 1.82) is 0 Å². The summed E-state index contributed by atoms with van der Waals surface area (Å²) in [5, 5.41) is 4.37. The van der Waals surface area contributed by atoms with Crippen molar-refractivity contribution in [3.8, 4) is 5.69 Å². The van der Waals surface area contributed by atoms with Crippen LogP contribution in [0, 0.1) is 18.6 Å². The summed E-state index contributed by atoms with van der Waals surface area (Å²) >= 11 is 0. The summed E-state index contributed by atoms with van der Waals surface area (Å²) in [6, 6.07) is 11.3. The monoisotopic (exact) mass is 338 g/mol. The van der Waals surface area contributed by atoms with Crippen molar-refractivity contribution in [3.63, 3.8) is 0 Å². The summed E-state index contributed by atoms with van der Waals surface area (Å²) in [5.41, 5.74) is 3.85. The number of halogens is 2. The summed E-state index contributed by atoms with van der Waals surface area (Å²) in [7, 11) is 0. The van der Waals surface area contributed by atoms with Crippen molar-refractivity contribution in [2.24, 2.45) is 0 Å². The van der Waals surface area contributed by atoms with E-state index in [9.17, 15) is 13.6 Å². The van der Waals surface area contributed by atoms with E-state index in [0.717, 1.165) is 23.0 Å². The molecule has 0 radical (unpaired) electrons. The van der Waals surface area contributed by atoms with Crippen molar-refractivity contribution in [1.82, 2.24) is 9.78 Å². The van der Waals surface area contributed by atoms with Gasteiger partial charge in [0.05, 0.1) is 23.1 Å². The molecular weight excluding hydrogens is 322 g/mol. The molecule has 126 valence electrons.